The summed E-state index contributed by atoms with van der Waals surface area (Å²) < 4.78 is 4.83. The fourth-order valence-electron chi connectivity index (χ4n) is 7.90. The highest BCUT2D eigenvalue weighted by atomic mass is 15.0. The van der Waals surface area contributed by atoms with E-state index in [-0.39, 0.29) is 0 Å². The van der Waals surface area contributed by atoms with E-state index >= 15 is 0 Å². The first kappa shape index (κ1) is 28.4. The van der Waals surface area contributed by atoms with Crippen LogP contribution < -0.4 is 0 Å². The Morgan fingerprint density at radius 3 is 1.58 bits per heavy atom. The van der Waals surface area contributed by atoms with Crippen molar-refractivity contribution < 1.29 is 0 Å². The number of fused-ring (bicyclic) bond motifs is 6. The topological polar surface area (TPSA) is 9.86 Å². The monoisotopic (exact) mass is 636 g/mol. The summed E-state index contributed by atoms with van der Waals surface area (Å²) in [6.07, 6.45) is 0. The third-order valence-corrected chi connectivity index (χ3v) is 10.1. The molecule has 8 aromatic carbocycles. The van der Waals surface area contributed by atoms with Crippen molar-refractivity contribution in [2.75, 3.05) is 0 Å². The molecule has 0 radical (unpaired) electrons. The average Bonchev–Trinajstić information content (AvgIpc) is 3.71. The Morgan fingerprint density at radius 2 is 0.800 bits per heavy atom. The number of hydrogen-bond acceptors (Lipinski definition) is 0. The van der Waals surface area contributed by atoms with Crippen LogP contribution in [0, 0.1) is 0 Å². The Kier molecular flexibility index (Phi) is 6.53. The minimum atomic E-state index is 1.16. The molecule has 0 spiro atoms. The quantitative estimate of drug-likeness (QED) is 0.178. The highest BCUT2D eigenvalue weighted by Crippen LogP contribution is 2.42. The van der Waals surface area contributed by atoms with Crippen molar-refractivity contribution in [2.24, 2.45) is 0 Å². The Balaban J connectivity index is 1.19. The van der Waals surface area contributed by atoms with E-state index in [1.807, 2.05) is 0 Å². The summed E-state index contributed by atoms with van der Waals surface area (Å²) in [6, 6.07) is 70.4. The van der Waals surface area contributed by atoms with Gasteiger partial charge in [-0.15, -0.1) is 0 Å². The predicted molar refractivity (Wildman–Crippen MR) is 211 cm³/mol. The molecule has 0 unspecified atom stereocenters. The number of nitrogens with zero attached hydrogens (tertiary/aromatic N) is 2. The van der Waals surface area contributed by atoms with Crippen LogP contribution >= 0.6 is 0 Å². The second-order valence-electron chi connectivity index (χ2n) is 12.9. The van der Waals surface area contributed by atoms with Gasteiger partial charge in [-0.05, 0) is 76.3 Å². The lowest BCUT2D eigenvalue weighted by Crippen LogP contribution is -1.98. The standard InChI is InChI=1S/C48H32N2/c1-3-15-33(16-4-1)34-27-29-42-40-22-10-14-26-46(40)50(48(42)32-34)45-25-13-9-21-39(45)38-20-8-7-19-37(38)35-28-30-47-43(31-35)41-23-11-12-24-44(41)49(47)36-17-5-2-6-18-36/h1-32H. The zero-order valence-corrected chi connectivity index (χ0v) is 27.4. The second-order valence-corrected chi connectivity index (χ2v) is 12.9. The molecule has 10 aromatic rings. The van der Waals surface area contributed by atoms with Crippen LogP contribution in [-0.2, 0) is 0 Å². The van der Waals surface area contributed by atoms with Crippen molar-refractivity contribution in [2.45, 2.75) is 0 Å². The average molecular weight is 637 g/mol. The molecule has 2 heteroatoms. The number of benzene rings is 8. The summed E-state index contributed by atoms with van der Waals surface area (Å²) >= 11 is 0. The van der Waals surface area contributed by atoms with Gasteiger partial charge >= 0.3 is 0 Å². The van der Waals surface area contributed by atoms with Crippen LogP contribution in [0.2, 0.25) is 0 Å². The summed E-state index contributed by atoms with van der Waals surface area (Å²) in [5, 5.41) is 5.01. The zero-order chi connectivity index (χ0) is 33.0. The Morgan fingerprint density at radius 1 is 0.260 bits per heavy atom. The van der Waals surface area contributed by atoms with E-state index in [0.29, 0.717) is 0 Å². The van der Waals surface area contributed by atoms with Gasteiger partial charge in [0.05, 0.1) is 27.8 Å². The van der Waals surface area contributed by atoms with E-state index in [9.17, 15) is 0 Å². The molecular formula is C48H32N2. The van der Waals surface area contributed by atoms with Crippen molar-refractivity contribution >= 4 is 43.6 Å². The molecule has 10 rings (SSSR count). The van der Waals surface area contributed by atoms with Crippen LogP contribution in [-0.4, -0.2) is 9.13 Å². The van der Waals surface area contributed by atoms with E-state index in [0.717, 1.165) is 5.69 Å². The number of hydrogen-bond donors (Lipinski definition) is 0. The van der Waals surface area contributed by atoms with Crippen molar-refractivity contribution in [3.8, 4) is 44.8 Å². The SMILES string of the molecule is c1ccc(-c2ccc3c4ccccc4n(-c4ccccc4-c4ccccc4-c4ccc5c(c4)c4ccccc4n5-c4ccccc4)c3c2)cc1. The van der Waals surface area contributed by atoms with E-state index < -0.39 is 0 Å². The minimum absolute atomic E-state index is 1.16. The van der Waals surface area contributed by atoms with Crippen molar-refractivity contribution in [3.05, 3.63) is 194 Å². The number of para-hydroxylation sites is 4. The van der Waals surface area contributed by atoms with Gasteiger partial charge in [-0.25, -0.2) is 0 Å². The van der Waals surface area contributed by atoms with Gasteiger partial charge in [-0.2, -0.15) is 0 Å². The molecular weight excluding hydrogens is 605 g/mol. The molecule has 0 aliphatic carbocycles. The predicted octanol–water partition coefficient (Wildman–Crippen LogP) is 12.9. The van der Waals surface area contributed by atoms with Gasteiger partial charge < -0.3 is 9.13 Å². The Labute approximate surface area is 290 Å². The number of rotatable bonds is 5. The summed E-state index contributed by atoms with van der Waals surface area (Å²) in [6.45, 7) is 0. The van der Waals surface area contributed by atoms with E-state index in [2.05, 4.69) is 203 Å². The Bertz CT molecular complexity index is 2860. The lowest BCUT2D eigenvalue weighted by Gasteiger charge is -2.17. The second kappa shape index (κ2) is 11.5. The third kappa shape index (κ3) is 4.43. The maximum atomic E-state index is 2.46. The maximum Gasteiger partial charge on any atom is 0.0547 e. The van der Waals surface area contributed by atoms with Crippen molar-refractivity contribution in [1.82, 2.24) is 9.13 Å². The largest absolute Gasteiger partial charge is 0.309 e. The fourth-order valence-corrected chi connectivity index (χ4v) is 7.90. The number of aromatic nitrogens is 2. The molecule has 2 nitrogen and oxygen atoms in total. The third-order valence-electron chi connectivity index (χ3n) is 10.1. The van der Waals surface area contributed by atoms with E-state index in [1.54, 1.807) is 0 Å². The zero-order valence-electron chi connectivity index (χ0n) is 27.4. The molecule has 2 aromatic heterocycles. The van der Waals surface area contributed by atoms with Gasteiger partial charge in [0, 0.05) is 32.8 Å². The van der Waals surface area contributed by atoms with Gasteiger partial charge in [0.15, 0.2) is 0 Å². The van der Waals surface area contributed by atoms with Gasteiger partial charge in [0.25, 0.3) is 0 Å². The van der Waals surface area contributed by atoms with Crippen LogP contribution in [0.3, 0.4) is 0 Å². The summed E-state index contributed by atoms with van der Waals surface area (Å²) in [7, 11) is 0. The molecule has 0 saturated heterocycles. The normalized spacial score (nSPS) is 11.6. The lowest BCUT2D eigenvalue weighted by atomic mass is 9.92. The highest BCUT2D eigenvalue weighted by molar-refractivity contribution is 6.12. The molecule has 50 heavy (non-hydrogen) atoms. The van der Waals surface area contributed by atoms with Gasteiger partial charge in [-0.1, -0.05) is 146 Å². The minimum Gasteiger partial charge on any atom is -0.309 e. The van der Waals surface area contributed by atoms with Crippen molar-refractivity contribution in [1.29, 1.82) is 0 Å². The smallest absolute Gasteiger partial charge is 0.0547 e. The molecule has 0 fully saturated rings. The van der Waals surface area contributed by atoms with Crippen LogP contribution in [0.15, 0.2) is 194 Å². The summed E-state index contributed by atoms with van der Waals surface area (Å²) in [4.78, 5) is 0. The fraction of sp³-hybridized carbons (Fsp3) is 0. The summed E-state index contributed by atoms with van der Waals surface area (Å²) in [5.41, 5.74) is 14.4. The Hall–Kier alpha value is -6.64. The van der Waals surface area contributed by atoms with E-state index in [4.69, 9.17) is 0 Å². The van der Waals surface area contributed by atoms with Gasteiger partial charge in [0.2, 0.25) is 0 Å². The van der Waals surface area contributed by atoms with Crippen molar-refractivity contribution in [3.63, 3.8) is 0 Å². The molecule has 0 amide bonds. The summed E-state index contributed by atoms with van der Waals surface area (Å²) in [5.74, 6) is 0. The lowest BCUT2D eigenvalue weighted by molar-refractivity contribution is 1.18. The maximum absolute atomic E-state index is 2.46. The van der Waals surface area contributed by atoms with Crippen LogP contribution in [0.4, 0.5) is 0 Å². The highest BCUT2D eigenvalue weighted by Gasteiger charge is 2.19. The molecule has 0 atom stereocenters. The molecule has 0 N–H and O–H groups in total. The molecule has 2 heterocycles. The first-order valence-corrected chi connectivity index (χ1v) is 17.2. The molecule has 0 bridgehead atoms. The van der Waals surface area contributed by atoms with Crippen LogP contribution in [0.5, 0.6) is 0 Å². The molecule has 0 aliphatic heterocycles. The van der Waals surface area contributed by atoms with Gasteiger partial charge in [0.1, 0.15) is 0 Å². The van der Waals surface area contributed by atoms with Crippen LogP contribution in [0.25, 0.3) is 88.4 Å². The molecule has 234 valence electrons. The van der Waals surface area contributed by atoms with Gasteiger partial charge in [-0.3, -0.25) is 0 Å². The first-order valence-electron chi connectivity index (χ1n) is 17.2. The molecule has 0 saturated carbocycles. The van der Waals surface area contributed by atoms with Crippen LogP contribution in [0.1, 0.15) is 0 Å². The first-order chi connectivity index (χ1) is 24.8. The molecule has 0 aliphatic rings. The van der Waals surface area contributed by atoms with E-state index in [1.165, 1.54) is 82.7 Å².